The summed E-state index contributed by atoms with van der Waals surface area (Å²) in [5.74, 6) is -0.215. The highest BCUT2D eigenvalue weighted by molar-refractivity contribution is 5.72. The Hall–Kier alpha value is -1.58. The van der Waals surface area contributed by atoms with Crippen LogP contribution in [0.2, 0.25) is 0 Å². The minimum absolute atomic E-state index is 0.215. The van der Waals surface area contributed by atoms with Crippen LogP contribution in [-0.4, -0.2) is 23.9 Å². The molecule has 82 valence electrons. The third-order valence-corrected chi connectivity index (χ3v) is 2.34. The predicted octanol–water partition coefficient (Wildman–Crippen LogP) is 1.56. The van der Waals surface area contributed by atoms with Gasteiger partial charge in [0.15, 0.2) is 6.29 Å². The molecular weight excluding hydrogens is 194 g/mol. The van der Waals surface area contributed by atoms with Crippen LogP contribution < -0.4 is 0 Å². The van der Waals surface area contributed by atoms with E-state index >= 15 is 0 Å². The molecule has 0 aliphatic heterocycles. The van der Waals surface area contributed by atoms with E-state index in [-0.39, 0.29) is 5.97 Å². The zero-order chi connectivity index (χ0) is 11.3. The number of ether oxygens (including phenoxy) is 1. The van der Waals surface area contributed by atoms with Gasteiger partial charge in [-0.3, -0.25) is 9.59 Å². The van der Waals surface area contributed by atoms with Gasteiger partial charge in [-0.25, -0.2) is 0 Å². The van der Waals surface area contributed by atoms with Crippen molar-refractivity contribution in [3.63, 3.8) is 0 Å². The highest BCUT2D eigenvalue weighted by Crippen LogP contribution is 2.08. The fourth-order valence-electron chi connectivity index (χ4n) is 1.48. The van der Waals surface area contributed by atoms with E-state index in [4.69, 9.17) is 0 Å². The van der Waals surface area contributed by atoms with Crippen LogP contribution in [0.5, 0.6) is 0 Å². The maximum atomic E-state index is 10.9. The minimum Gasteiger partial charge on any atom is -0.469 e. The first-order valence-corrected chi connectivity index (χ1v) is 4.87. The van der Waals surface area contributed by atoms with Gasteiger partial charge in [0.25, 0.3) is 0 Å². The Bertz CT molecular complexity index is 355. The smallest absolute Gasteiger partial charge is 0.305 e. The summed E-state index contributed by atoms with van der Waals surface area (Å²) in [7, 11) is 1.38. The first-order valence-electron chi connectivity index (χ1n) is 4.87. The third-order valence-electron chi connectivity index (χ3n) is 2.34. The van der Waals surface area contributed by atoms with Gasteiger partial charge in [-0.1, -0.05) is 0 Å². The van der Waals surface area contributed by atoms with Crippen molar-refractivity contribution in [2.45, 2.75) is 26.3 Å². The number of carbonyl (C=O) groups is 2. The molecule has 15 heavy (non-hydrogen) atoms. The second kappa shape index (κ2) is 5.34. The van der Waals surface area contributed by atoms with Gasteiger partial charge in [0.1, 0.15) is 0 Å². The fourth-order valence-corrected chi connectivity index (χ4v) is 1.48. The number of hydrogen-bond donors (Lipinski definition) is 0. The van der Waals surface area contributed by atoms with Gasteiger partial charge in [-0.2, -0.15) is 0 Å². The van der Waals surface area contributed by atoms with E-state index in [1.165, 1.54) is 7.11 Å². The lowest BCUT2D eigenvalue weighted by Gasteiger charge is -2.07. The zero-order valence-corrected chi connectivity index (χ0v) is 9.03. The number of methoxy groups -OCH3 is 1. The van der Waals surface area contributed by atoms with Crippen molar-refractivity contribution in [1.82, 2.24) is 4.57 Å². The fraction of sp³-hybridized carbons (Fsp3) is 0.455. The second-order valence-corrected chi connectivity index (χ2v) is 3.35. The Morgan fingerprint density at radius 2 is 2.27 bits per heavy atom. The van der Waals surface area contributed by atoms with Crippen molar-refractivity contribution in [1.29, 1.82) is 0 Å². The summed E-state index contributed by atoms with van der Waals surface area (Å²) in [6.07, 6.45) is 1.89. The van der Waals surface area contributed by atoms with Crippen molar-refractivity contribution in [2.75, 3.05) is 7.11 Å². The number of carbonyl (C=O) groups excluding carboxylic acids is 2. The molecule has 0 spiro atoms. The van der Waals surface area contributed by atoms with E-state index in [2.05, 4.69) is 4.74 Å². The van der Waals surface area contributed by atoms with Crippen LogP contribution in [-0.2, 0) is 16.1 Å². The lowest BCUT2D eigenvalue weighted by Crippen LogP contribution is -2.07. The summed E-state index contributed by atoms with van der Waals surface area (Å²) in [4.78, 5) is 21.6. The summed E-state index contributed by atoms with van der Waals surface area (Å²) >= 11 is 0. The highest BCUT2D eigenvalue weighted by atomic mass is 16.5. The van der Waals surface area contributed by atoms with Crippen LogP contribution in [0, 0.1) is 6.92 Å². The van der Waals surface area contributed by atoms with Crippen molar-refractivity contribution in [3.05, 3.63) is 23.5 Å². The van der Waals surface area contributed by atoms with Crippen LogP contribution in [0.25, 0.3) is 0 Å². The van der Waals surface area contributed by atoms with Crippen LogP contribution in [0.4, 0.5) is 0 Å². The Morgan fingerprint density at radius 1 is 1.53 bits per heavy atom. The molecule has 1 aromatic rings. The molecule has 0 radical (unpaired) electrons. The minimum atomic E-state index is -0.215. The van der Waals surface area contributed by atoms with E-state index in [0.717, 1.165) is 12.0 Å². The molecule has 0 bridgehead atoms. The lowest BCUT2D eigenvalue weighted by atomic mass is 10.3. The normalized spacial score (nSPS) is 10.0. The zero-order valence-electron chi connectivity index (χ0n) is 9.03. The van der Waals surface area contributed by atoms with Crippen LogP contribution in [0.3, 0.4) is 0 Å². The molecule has 1 heterocycles. The van der Waals surface area contributed by atoms with Crippen molar-refractivity contribution in [3.8, 4) is 0 Å². The van der Waals surface area contributed by atoms with E-state index in [1.54, 1.807) is 6.07 Å². The Kier molecular flexibility index (Phi) is 4.09. The standard InChI is InChI=1S/C11H15NO3/c1-9-5-6-10(8-13)12(9)7-3-4-11(14)15-2/h5-6,8H,3-4,7H2,1-2H3. The quantitative estimate of drug-likeness (QED) is 0.546. The summed E-state index contributed by atoms with van der Waals surface area (Å²) < 4.78 is 6.44. The van der Waals surface area contributed by atoms with E-state index in [9.17, 15) is 9.59 Å². The first kappa shape index (κ1) is 11.5. The molecule has 0 fully saturated rings. The largest absolute Gasteiger partial charge is 0.469 e. The topological polar surface area (TPSA) is 48.3 Å². The van der Waals surface area contributed by atoms with Gasteiger partial charge in [-0.15, -0.1) is 0 Å². The van der Waals surface area contributed by atoms with E-state index < -0.39 is 0 Å². The molecule has 0 saturated heterocycles. The van der Waals surface area contributed by atoms with Crippen molar-refractivity contribution >= 4 is 12.3 Å². The van der Waals surface area contributed by atoms with Crippen LogP contribution in [0.15, 0.2) is 12.1 Å². The van der Waals surface area contributed by atoms with Crippen LogP contribution in [0.1, 0.15) is 29.0 Å². The SMILES string of the molecule is COC(=O)CCCn1c(C)ccc1C=O. The summed E-state index contributed by atoms with van der Waals surface area (Å²) in [5.41, 5.74) is 1.68. The van der Waals surface area contributed by atoms with Gasteiger partial charge in [0.05, 0.1) is 12.8 Å². The van der Waals surface area contributed by atoms with Gasteiger partial charge in [0.2, 0.25) is 0 Å². The number of nitrogens with zero attached hydrogens (tertiary/aromatic N) is 1. The number of esters is 1. The number of hydrogen-bond acceptors (Lipinski definition) is 3. The van der Waals surface area contributed by atoms with Gasteiger partial charge < -0.3 is 9.30 Å². The van der Waals surface area contributed by atoms with Crippen molar-refractivity contribution < 1.29 is 14.3 Å². The molecule has 0 saturated carbocycles. The third kappa shape index (κ3) is 2.94. The maximum absolute atomic E-state index is 10.9. The lowest BCUT2D eigenvalue weighted by molar-refractivity contribution is -0.140. The number of aryl methyl sites for hydroxylation is 1. The first-order chi connectivity index (χ1) is 7.19. The van der Waals surface area contributed by atoms with E-state index in [1.807, 2.05) is 17.6 Å². The summed E-state index contributed by atoms with van der Waals surface area (Å²) in [6.45, 7) is 2.60. The molecule has 1 aromatic heterocycles. The molecule has 4 nitrogen and oxygen atoms in total. The molecule has 0 aliphatic rings. The summed E-state index contributed by atoms with van der Waals surface area (Å²) in [5, 5.41) is 0. The molecule has 0 amide bonds. The number of rotatable bonds is 5. The molecule has 0 N–H and O–H groups in total. The molecule has 0 unspecified atom stereocenters. The molecule has 0 aliphatic carbocycles. The Labute approximate surface area is 88.8 Å². The molecule has 0 atom stereocenters. The van der Waals surface area contributed by atoms with Gasteiger partial charge in [-0.05, 0) is 25.5 Å². The Morgan fingerprint density at radius 3 is 2.87 bits per heavy atom. The monoisotopic (exact) mass is 209 g/mol. The molecule has 0 aromatic carbocycles. The highest BCUT2D eigenvalue weighted by Gasteiger charge is 2.05. The molecular formula is C11H15NO3. The van der Waals surface area contributed by atoms with Crippen LogP contribution >= 0.6 is 0 Å². The molecule has 1 rings (SSSR count). The second-order valence-electron chi connectivity index (χ2n) is 3.35. The Balaban J connectivity index is 2.53. The van der Waals surface area contributed by atoms with E-state index in [0.29, 0.717) is 25.1 Å². The van der Waals surface area contributed by atoms with Gasteiger partial charge in [0, 0.05) is 18.7 Å². The maximum Gasteiger partial charge on any atom is 0.305 e. The van der Waals surface area contributed by atoms with Crippen molar-refractivity contribution in [2.24, 2.45) is 0 Å². The average molecular weight is 209 g/mol. The average Bonchev–Trinajstić information content (AvgIpc) is 2.60. The number of aromatic nitrogens is 1. The number of aldehydes is 1. The van der Waals surface area contributed by atoms with Gasteiger partial charge >= 0.3 is 5.97 Å². The summed E-state index contributed by atoms with van der Waals surface area (Å²) in [6, 6.07) is 3.67. The molecule has 4 heteroatoms. The predicted molar refractivity (Wildman–Crippen MR) is 55.8 cm³/mol.